The number of halogens is 1. The summed E-state index contributed by atoms with van der Waals surface area (Å²) in [5.74, 6) is -2.16. The minimum absolute atomic E-state index is 0.0279. The van der Waals surface area contributed by atoms with Gasteiger partial charge in [-0.2, -0.15) is 0 Å². The molecule has 38 heavy (non-hydrogen) atoms. The molecule has 0 aromatic heterocycles. The second-order valence-electron chi connectivity index (χ2n) is 12.0. The molecule has 0 saturated heterocycles. The number of aliphatic hydroxyl groups excluding tert-OH is 1. The molecule has 3 saturated carbocycles. The van der Waals surface area contributed by atoms with Crippen LogP contribution in [0.4, 0.5) is 9.18 Å². The summed E-state index contributed by atoms with van der Waals surface area (Å²) in [4.78, 5) is 51.4. The topological polar surface area (TPSA) is 110 Å². The molecular weight excluding hydrogens is 493 g/mol. The van der Waals surface area contributed by atoms with E-state index in [1.54, 1.807) is 13.0 Å². The average Bonchev–Trinajstić information content (AvgIpc) is 3.13. The van der Waals surface area contributed by atoms with Crippen LogP contribution in [-0.4, -0.2) is 65.6 Å². The van der Waals surface area contributed by atoms with Crippen molar-refractivity contribution in [2.75, 3.05) is 20.2 Å². The van der Waals surface area contributed by atoms with Crippen molar-refractivity contribution < 1.29 is 38.1 Å². The van der Waals surface area contributed by atoms with E-state index in [2.05, 4.69) is 6.58 Å². The zero-order valence-electron chi connectivity index (χ0n) is 22.8. The van der Waals surface area contributed by atoms with Crippen LogP contribution in [0.2, 0.25) is 0 Å². The third kappa shape index (κ3) is 3.80. The Bertz CT molecular complexity index is 1130. The van der Waals surface area contributed by atoms with Gasteiger partial charge in [-0.05, 0) is 62.0 Å². The van der Waals surface area contributed by atoms with E-state index in [0.717, 1.165) is 6.26 Å². The predicted molar refractivity (Wildman–Crippen MR) is 136 cm³/mol. The van der Waals surface area contributed by atoms with Gasteiger partial charge < -0.3 is 19.5 Å². The summed E-state index contributed by atoms with van der Waals surface area (Å²) in [5, 5.41) is 11.7. The number of rotatable bonds is 6. The highest BCUT2D eigenvalue weighted by Gasteiger charge is 2.74. The summed E-state index contributed by atoms with van der Waals surface area (Å²) in [6.45, 7) is 9.72. The molecule has 4 aliphatic carbocycles. The SMILES string of the molecule is C=COC(=O)N(C)C[C@]1(C(=O)COC(C)=O)CCC2[C@@H]3C[C@H](C)C4=CC(=O)C=C[C@]4(C)[C@@]3(F)[C@@H](O)C[C@@]21C. The molecule has 9 heteroatoms. The standard InChI is InChI=1S/C29H38FNO7/c1-7-37-25(36)31(6)16-28(24(35)15-38-18(3)32)11-9-20-22-12-17(2)21-13-19(33)8-10-26(21,4)29(22,30)23(34)14-27(20,28)5/h7-8,10,13,17,20,22-23,34H,1,9,11-12,14-16H2,2-6H3/t17-,20?,22-,23-,26-,27-,28-,29-/m0/s1. The Hall–Kier alpha value is -2.81. The van der Waals surface area contributed by atoms with E-state index in [9.17, 15) is 24.3 Å². The van der Waals surface area contributed by atoms with E-state index in [1.165, 1.54) is 31.0 Å². The monoisotopic (exact) mass is 531 g/mol. The normalized spacial score (nSPS) is 41.2. The summed E-state index contributed by atoms with van der Waals surface area (Å²) in [6, 6.07) is 0. The third-order valence-corrected chi connectivity index (χ3v) is 10.3. The van der Waals surface area contributed by atoms with Gasteiger partial charge in [-0.1, -0.05) is 32.1 Å². The lowest BCUT2D eigenvalue weighted by molar-refractivity contribution is -0.211. The number of hydrogen-bond donors (Lipinski definition) is 1. The molecule has 0 heterocycles. The molecule has 0 aromatic carbocycles. The zero-order valence-corrected chi connectivity index (χ0v) is 22.8. The number of hydrogen-bond acceptors (Lipinski definition) is 7. The fraction of sp³-hybridized carbons (Fsp3) is 0.655. The van der Waals surface area contributed by atoms with E-state index in [1.807, 2.05) is 13.8 Å². The van der Waals surface area contributed by atoms with Crippen molar-refractivity contribution in [3.63, 3.8) is 0 Å². The second kappa shape index (κ2) is 9.43. The summed E-state index contributed by atoms with van der Waals surface area (Å²) < 4.78 is 27.6. The fourth-order valence-corrected chi connectivity index (χ4v) is 8.46. The number of esters is 1. The van der Waals surface area contributed by atoms with Crippen LogP contribution in [0.15, 0.2) is 36.6 Å². The van der Waals surface area contributed by atoms with Gasteiger partial charge in [0, 0.05) is 31.8 Å². The molecule has 0 bridgehead atoms. The van der Waals surface area contributed by atoms with Gasteiger partial charge in [0.25, 0.3) is 0 Å². The van der Waals surface area contributed by atoms with Crippen molar-refractivity contribution in [3.05, 3.63) is 36.6 Å². The lowest BCUT2D eigenvalue weighted by Crippen LogP contribution is -2.69. The van der Waals surface area contributed by atoms with Gasteiger partial charge in [0.05, 0.1) is 17.8 Å². The first kappa shape index (κ1) is 28.2. The number of nitrogens with zero attached hydrogens (tertiary/aromatic N) is 1. The summed E-state index contributed by atoms with van der Waals surface area (Å²) >= 11 is 0. The number of fused-ring (bicyclic) bond motifs is 5. The van der Waals surface area contributed by atoms with Crippen molar-refractivity contribution in [3.8, 4) is 0 Å². The summed E-state index contributed by atoms with van der Waals surface area (Å²) in [5.41, 5.74) is -4.63. The quantitative estimate of drug-likeness (QED) is 0.408. The number of Topliss-reactive ketones (excluding diaryl/α,β-unsaturated/α-hetero) is 1. The maximum absolute atomic E-state index is 17.5. The van der Waals surface area contributed by atoms with Crippen LogP contribution in [0.25, 0.3) is 0 Å². The maximum atomic E-state index is 17.5. The highest BCUT2D eigenvalue weighted by molar-refractivity contribution is 6.01. The van der Waals surface area contributed by atoms with Gasteiger partial charge in [-0.3, -0.25) is 14.4 Å². The molecule has 3 fully saturated rings. The molecule has 1 unspecified atom stereocenters. The van der Waals surface area contributed by atoms with Crippen molar-refractivity contribution in [2.45, 2.75) is 65.2 Å². The zero-order chi connectivity index (χ0) is 28.3. The number of ketones is 2. The fourth-order valence-electron chi connectivity index (χ4n) is 8.46. The number of alkyl halides is 1. The predicted octanol–water partition coefficient (Wildman–Crippen LogP) is 3.93. The van der Waals surface area contributed by atoms with Gasteiger partial charge in [-0.15, -0.1) is 0 Å². The number of ether oxygens (including phenoxy) is 2. The number of amides is 1. The Balaban J connectivity index is 1.80. The van der Waals surface area contributed by atoms with Crippen LogP contribution in [0.1, 0.15) is 53.4 Å². The second-order valence-corrected chi connectivity index (χ2v) is 12.0. The van der Waals surface area contributed by atoms with Crippen molar-refractivity contribution in [1.29, 1.82) is 0 Å². The van der Waals surface area contributed by atoms with Crippen LogP contribution >= 0.6 is 0 Å². The minimum atomic E-state index is -2.05. The van der Waals surface area contributed by atoms with E-state index in [-0.39, 0.29) is 36.4 Å². The largest absolute Gasteiger partial charge is 0.458 e. The van der Waals surface area contributed by atoms with Gasteiger partial charge in [-0.25, -0.2) is 9.18 Å². The first-order valence-electron chi connectivity index (χ1n) is 13.2. The summed E-state index contributed by atoms with van der Waals surface area (Å²) in [6.07, 6.45) is 4.58. The molecule has 208 valence electrons. The molecule has 0 aromatic rings. The van der Waals surface area contributed by atoms with E-state index < -0.39 is 52.6 Å². The van der Waals surface area contributed by atoms with Gasteiger partial charge >= 0.3 is 12.1 Å². The van der Waals surface area contributed by atoms with Gasteiger partial charge in [0.2, 0.25) is 0 Å². The van der Waals surface area contributed by atoms with Crippen molar-refractivity contribution in [2.24, 2.45) is 34.0 Å². The molecule has 0 spiro atoms. The molecule has 4 rings (SSSR count). The Kier molecular flexibility index (Phi) is 7.00. The first-order valence-corrected chi connectivity index (χ1v) is 13.2. The molecule has 4 aliphatic rings. The molecule has 0 aliphatic heterocycles. The van der Waals surface area contributed by atoms with E-state index in [0.29, 0.717) is 24.8 Å². The molecular formula is C29H38FNO7. The molecule has 8 nitrogen and oxygen atoms in total. The first-order chi connectivity index (χ1) is 17.7. The number of aliphatic hydroxyl groups is 1. The number of allylic oxidation sites excluding steroid dienone is 4. The van der Waals surface area contributed by atoms with Crippen LogP contribution in [0, 0.1) is 34.0 Å². The molecule has 0 radical (unpaired) electrons. The van der Waals surface area contributed by atoms with Crippen molar-refractivity contribution >= 4 is 23.6 Å². The number of carbonyl (C=O) groups excluding carboxylic acids is 4. The van der Waals surface area contributed by atoms with Gasteiger partial charge in [0.15, 0.2) is 23.8 Å². The van der Waals surface area contributed by atoms with E-state index in [4.69, 9.17) is 9.47 Å². The van der Waals surface area contributed by atoms with Gasteiger partial charge in [0.1, 0.15) is 0 Å². The Morgan fingerprint density at radius 1 is 1.29 bits per heavy atom. The minimum Gasteiger partial charge on any atom is -0.458 e. The van der Waals surface area contributed by atoms with Crippen LogP contribution in [0.3, 0.4) is 0 Å². The number of carbonyl (C=O) groups is 4. The highest BCUT2D eigenvalue weighted by atomic mass is 19.1. The summed E-state index contributed by atoms with van der Waals surface area (Å²) in [7, 11) is 1.51. The lowest BCUT2D eigenvalue weighted by atomic mass is 9.42. The maximum Gasteiger partial charge on any atom is 0.414 e. The van der Waals surface area contributed by atoms with Crippen LogP contribution in [0.5, 0.6) is 0 Å². The Labute approximate surface area is 222 Å². The highest BCUT2D eigenvalue weighted by Crippen LogP contribution is 2.72. The van der Waals surface area contributed by atoms with E-state index >= 15 is 4.39 Å². The molecule has 8 atom stereocenters. The third-order valence-electron chi connectivity index (χ3n) is 10.3. The molecule has 1 N–H and O–H groups in total. The van der Waals surface area contributed by atoms with Crippen molar-refractivity contribution in [1.82, 2.24) is 4.90 Å². The Morgan fingerprint density at radius 3 is 2.61 bits per heavy atom. The van der Waals surface area contributed by atoms with Crippen LogP contribution in [-0.2, 0) is 23.9 Å². The lowest BCUT2D eigenvalue weighted by Gasteiger charge is -2.64. The smallest absolute Gasteiger partial charge is 0.414 e. The average molecular weight is 532 g/mol. The molecule has 1 amide bonds. The van der Waals surface area contributed by atoms with Crippen LogP contribution < -0.4 is 0 Å². The Morgan fingerprint density at radius 2 is 1.97 bits per heavy atom.